The summed E-state index contributed by atoms with van der Waals surface area (Å²) in [6, 6.07) is 0. The van der Waals surface area contributed by atoms with Crippen molar-refractivity contribution in [2.75, 3.05) is 19.6 Å². The predicted molar refractivity (Wildman–Crippen MR) is 92.0 cm³/mol. The van der Waals surface area contributed by atoms with E-state index in [-0.39, 0.29) is 0 Å². The van der Waals surface area contributed by atoms with Crippen molar-refractivity contribution in [2.24, 2.45) is 0 Å². The van der Waals surface area contributed by atoms with Gasteiger partial charge in [-0.1, -0.05) is 71.6 Å². The van der Waals surface area contributed by atoms with E-state index >= 15 is 0 Å². The van der Waals surface area contributed by atoms with E-state index in [2.05, 4.69) is 37.5 Å². The summed E-state index contributed by atoms with van der Waals surface area (Å²) in [6.45, 7) is 10.2. The van der Waals surface area contributed by atoms with Crippen molar-refractivity contribution in [3.8, 4) is 11.8 Å². The number of hydrogen-bond donors (Lipinski definition) is 0. The summed E-state index contributed by atoms with van der Waals surface area (Å²) < 4.78 is 0. The van der Waals surface area contributed by atoms with Gasteiger partial charge in [0.2, 0.25) is 0 Å². The van der Waals surface area contributed by atoms with Gasteiger partial charge in [0.05, 0.1) is 6.54 Å². The Kier molecular flexibility index (Phi) is 16.2. The summed E-state index contributed by atoms with van der Waals surface area (Å²) in [4.78, 5) is 2.53. The molecule has 0 atom stereocenters. The zero-order valence-corrected chi connectivity index (χ0v) is 14.3. The topological polar surface area (TPSA) is 3.24 Å². The minimum atomic E-state index is 0.982. The lowest BCUT2D eigenvalue weighted by Gasteiger charge is -2.18. The van der Waals surface area contributed by atoms with Crippen LogP contribution in [0.4, 0.5) is 0 Å². The fourth-order valence-electron chi connectivity index (χ4n) is 2.28. The van der Waals surface area contributed by atoms with Crippen LogP contribution in [0.5, 0.6) is 0 Å². The predicted octanol–water partition coefficient (Wildman–Crippen LogP) is 5.64. The maximum absolute atomic E-state index is 3.38. The highest BCUT2D eigenvalue weighted by atomic mass is 15.1. The van der Waals surface area contributed by atoms with E-state index in [1.807, 2.05) is 0 Å². The Morgan fingerprint density at radius 1 is 0.600 bits per heavy atom. The van der Waals surface area contributed by atoms with Crippen molar-refractivity contribution in [2.45, 2.75) is 91.4 Å². The van der Waals surface area contributed by atoms with Crippen LogP contribution in [0.2, 0.25) is 0 Å². The third kappa shape index (κ3) is 13.9. The van der Waals surface area contributed by atoms with Crippen LogP contribution in [0, 0.1) is 11.8 Å². The molecule has 0 aromatic heterocycles. The minimum Gasteiger partial charge on any atom is -0.292 e. The first kappa shape index (κ1) is 19.5. The Balaban J connectivity index is 3.61. The Morgan fingerprint density at radius 2 is 1.15 bits per heavy atom. The van der Waals surface area contributed by atoms with Gasteiger partial charge in [-0.2, -0.15) is 0 Å². The smallest absolute Gasteiger partial charge is 0.0601 e. The second kappa shape index (κ2) is 16.6. The molecule has 0 unspecified atom stereocenters. The van der Waals surface area contributed by atoms with Crippen molar-refractivity contribution in [1.82, 2.24) is 4.90 Å². The lowest BCUT2D eigenvalue weighted by Crippen LogP contribution is -2.26. The molecule has 0 N–H and O–H groups in total. The molecule has 20 heavy (non-hydrogen) atoms. The maximum Gasteiger partial charge on any atom is 0.0601 e. The Bertz CT molecular complexity index is 228. The molecule has 1 heteroatoms. The zero-order chi connectivity index (χ0) is 14.9. The maximum atomic E-state index is 3.38. The van der Waals surface area contributed by atoms with Gasteiger partial charge in [0.1, 0.15) is 0 Å². The molecule has 0 heterocycles. The third-order valence-corrected chi connectivity index (χ3v) is 3.74. The molecule has 0 spiro atoms. The van der Waals surface area contributed by atoms with Gasteiger partial charge in [0.15, 0.2) is 0 Å². The molecule has 0 saturated heterocycles. The van der Waals surface area contributed by atoms with E-state index in [9.17, 15) is 0 Å². The molecular weight excluding hydrogens is 242 g/mol. The lowest BCUT2D eigenvalue weighted by molar-refractivity contribution is 0.296. The van der Waals surface area contributed by atoms with Crippen molar-refractivity contribution in [3.05, 3.63) is 0 Å². The summed E-state index contributed by atoms with van der Waals surface area (Å²) in [5.41, 5.74) is 0. The van der Waals surface area contributed by atoms with Crippen LogP contribution in [0.15, 0.2) is 0 Å². The highest BCUT2D eigenvalue weighted by Crippen LogP contribution is 2.06. The van der Waals surface area contributed by atoms with Crippen LogP contribution in [-0.4, -0.2) is 24.5 Å². The second-order valence-electron chi connectivity index (χ2n) is 5.85. The first-order valence-corrected chi connectivity index (χ1v) is 9.03. The summed E-state index contributed by atoms with van der Waals surface area (Å²) in [5, 5.41) is 0. The molecule has 0 radical (unpaired) electrons. The fraction of sp³-hybridized carbons (Fsp3) is 0.895. The molecule has 0 aromatic carbocycles. The minimum absolute atomic E-state index is 0.982. The fourth-order valence-corrected chi connectivity index (χ4v) is 2.28. The highest BCUT2D eigenvalue weighted by Gasteiger charge is 2.00. The van der Waals surface area contributed by atoms with Crippen molar-refractivity contribution in [1.29, 1.82) is 0 Å². The Hall–Kier alpha value is -0.480. The lowest BCUT2D eigenvalue weighted by atomic mass is 10.1. The van der Waals surface area contributed by atoms with Crippen LogP contribution in [0.3, 0.4) is 0 Å². The molecule has 0 bridgehead atoms. The normalized spacial score (nSPS) is 10.6. The van der Waals surface area contributed by atoms with Crippen LogP contribution in [0.25, 0.3) is 0 Å². The molecular formula is C19H37N. The molecule has 0 fully saturated rings. The molecule has 0 aliphatic carbocycles. The van der Waals surface area contributed by atoms with Gasteiger partial charge in [-0.3, -0.25) is 4.90 Å². The summed E-state index contributed by atoms with van der Waals surface area (Å²) >= 11 is 0. The van der Waals surface area contributed by atoms with Crippen LogP contribution >= 0.6 is 0 Å². The van der Waals surface area contributed by atoms with Gasteiger partial charge in [-0.05, 0) is 32.4 Å². The van der Waals surface area contributed by atoms with Crippen LogP contribution < -0.4 is 0 Å². The third-order valence-electron chi connectivity index (χ3n) is 3.74. The van der Waals surface area contributed by atoms with Crippen LogP contribution in [0.1, 0.15) is 91.4 Å². The van der Waals surface area contributed by atoms with E-state index in [1.54, 1.807) is 0 Å². The highest BCUT2D eigenvalue weighted by molar-refractivity contribution is 5.01. The largest absolute Gasteiger partial charge is 0.292 e. The van der Waals surface area contributed by atoms with E-state index in [0.29, 0.717) is 0 Å². The molecule has 0 rings (SSSR count). The molecule has 0 aliphatic heterocycles. The second-order valence-corrected chi connectivity index (χ2v) is 5.85. The molecule has 0 aliphatic rings. The molecule has 0 amide bonds. The molecule has 118 valence electrons. The van der Waals surface area contributed by atoms with E-state index < -0.39 is 0 Å². The van der Waals surface area contributed by atoms with E-state index in [1.165, 1.54) is 77.3 Å². The average molecular weight is 280 g/mol. The summed E-state index contributed by atoms with van der Waals surface area (Å²) in [6.07, 6.45) is 14.5. The number of nitrogens with zero attached hydrogens (tertiary/aromatic N) is 1. The zero-order valence-electron chi connectivity index (χ0n) is 14.3. The van der Waals surface area contributed by atoms with Crippen molar-refractivity contribution >= 4 is 0 Å². The van der Waals surface area contributed by atoms with Gasteiger partial charge in [-0.25, -0.2) is 0 Å². The standard InChI is InChI=1S/C19H37N/c1-4-7-10-11-12-13-14-15-16-19-20(17-8-5-2)18-9-6-3/h4-14,17-19H2,1-3H3. The van der Waals surface area contributed by atoms with E-state index in [4.69, 9.17) is 0 Å². The number of rotatable bonds is 13. The Morgan fingerprint density at radius 3 is 1.75 bits per heavy atom. The summed E-state index contributed by atoms with van der Waals surface area (Å²) in [7, 11) is 0. The van der Waals surface area contributed by atoms with Gasteiger partial charge < -0.3 is 0 Å². The molecule has 0 aromatic rings. The van der Waals surface area contributed by atoms with Gasteiger partial charge in [0.25, 0.3) is 0 Å². The van der Waals surface area contributed by atoms with Gasteiger partial charge >= 0.3 is 0 Å². The van der Waals surface area contributed by atoms with Crippen LogP contribution in [-0.2, 0) is 0 Å². The molecule has 0 saturated carbocycles. The molecule has 1 nitrogen and oxygen atoms in total. The first-order chi connectivity index (χ1) is 9.85. The van der Waals surface area contributed by atoms with Gasteiger partial charge in [0, 0.05) is 6.42 Å². The average Bonchev–Trinajstić information content (AvgIpc) is 2.47. The van der Waals surface area contributed by atoms with Crippen molar-refractivity contribution in [3.63, 3.8) is 0 Å². The van der Waals surface area contributed by atoms with E-state index in [0.717, 1.165) is 13.0 Å². The van der Waals surface area contributed by atoms with Gasteiger partial charge in [-0.15, -0.1) is 5.92 Å². The monoisotopic (exact) mass is 279 g/mol. The van der Waals surface area contributed by atoms with Crippen molar-refractivity contribution < 1.29 is 0 Å². The quantitative estimate of drug-likeness (QED) is 0.311. The SMILES string of the molecule is CCCCCCCCC#CCN(CCCC)CCCC. The number of hydrogen-bond acceptors (Lipinski definition) is 1. The summed E-state index contributed by atoms with van der Waals surface area (Å²) in [5.74, 6) is 6.75. The number of unbranched alkanes of at least 4 members (excludes halogenated alkanes) is 8. The Labute approximate surface area is 128 Å². The first-order valence-electron chi connectivity index (χ1n) is 9.03.